The molecule has 0 aliphatic rings. The fraction of sp³-hybridized carbons (Fsp3) is 1.00. The molecule has 0 bridgehead atoms. The fourth-order valence-corrected chi connectivity index (χ4v) is 1.57. The lowest BCUT2D eigenvalue weighted by molar-refractivity contribution is 0.0515. The molecule has 3 N–H and O–H groups in total. The first-order chi connectivity index (χ1) is 7.08. The van der Waals surface area contributed by atoms with E-state index in [0.717, 1.165) is 38.7 Å². The maximum Gasteiger partial charge on any atom is 0.0611 e. The van der Waals surface area contributed by atoms with Crippen LogP contribution in [0.25, 0.3) is 0 Å². The molecule has 15 heavy (non-hydrogen) atoms. The first kappa shape index (κ1) is 14.9. The number of ether oxygens (including phenoxy) is 1. The quantitative estimate of drug-likeness (QED) is 0.581. The van der Waals surface area contributed by atoms with Gasteiger partial charge in [-0.15, -0.1) is 0 Å². The predicted molar refractivity (Wildman–Crippen MR) is 63.9 cm³/mol. The van der Waals surface area contributed by atoms with E-state index in [2.05, 4.69) is 13.8 Å². The van der Waals surface area contributed by atoms with Gasteiger partial charge in [0.1, 0.15) is 0 Å². The van der Waals surface area contributed by atoms with Crippen LogP contribution in [0.5, 0.6) is 0 Å². The second kappa shape index (κ2) is 8.08. The van der Waals surface area contributed by atoms with E-state index in [4.69, 9.17) is 15.6 Å². The monoisotopic (exact) mass is 217 g/mol. The van der Waals surface area contributed by atoms with E-state index in [1.54, 1.807) is 0 Å². The van der Waals surface area contributed by atoms with Crippen LogP contribution in [0.3, 0.4) is 0 Å². The minimum absolute atomic E-state index is 0.0635. The van der Waals surface area contributed by atoms with Gasteiger partial charge in [-0.3, -0.25) is 0 Å². The van der Waals surface area contributed by atoms with Crippen molar-refractivity contribution in [2.75, 3.05) is 13.2 Å². The van der Waals surface area contributed by atoms with E-state index >= 15 is 0 Å². The molecule has 0 aliphatic heterocycles. The summed E-state index contributed by atoms with van der Waals surface area (Å²) < 4.78 is 5.63. The van der Waals surface area contributed by atoms with Crippen LogP contribution in [0, 0.1) is 0 Å². The Morgan fingerprint density at radius 1 is 1.40 bits per heavy atom. The van der Waals surface area contributed by atoms with Gasteiger partial charge in [0.05, 0.1) is 12.7 Å². The molecule has 0 aromatic carbocycles. The van der Waals surface area contributed by atoms with Gasteiger partial charge in [0.2, 0.25) is 0 Å². The Morgan fingerprint density at radius 3 is 2.53 bits per heavy atom. The Labute approximate surface area is 94.0 Å². The summed E-state index contributed by atoms with van der Waals surface area (Å²) in [4.78, 5) is 0. The molecule has 0 heterocycles. The topological polar surface area (TPSA) is 55.5 Å². The van der Waals surface area contributed by atoms with Crippen molar-refractivity contribution in [3.05, 3.63) is 0 Å². The highest BCUT2D eigenvalue weighted by molar-refractivity contribution is 4.81. The molecular weight excluding hydrogens is 190 g/mol. The van der Waals surface area contributed by atoms with Crippen LogP contribution >= 0.6 is 0 Å². The Hall–Kier alpha value is -0.120. The van der Waals surface area contributed by atoms with Gasteiger partial charge < -0.3 is 15.6 Å². The summed E-state index contributed by atoms with van der Waals surface area (Å²) in [6, 6.07) is 0. The molecule has 0 rings (SSSR count). The maximum absolute atomic E-state index is 9.11. The van der Waals surface area contributed by atoms with Gasteiger partial charge in [-0.05, 0) is 32.6 Å². The summed E-state index contributed by atoms with van der Waals surface area (Å²) in [6.07, 6.45) is 5.19. The van der Waals surface area contributed by atoms with Crippen LogP contribution in [0.2, 0.25) is 0 Å². The van der Waals surface area contributed by atoms with E-state index in [1.165, 1.54) is 0 Å². The second-order valence-electron chi connectivity index (χ2n) is 4.45. The molecule has 0 radical (unpaired) electrons. The second-order valence-corrected chi connectivity index (χ2v) is 4.45. The predicted octanol–water partition coefficient (Wildman–Crippen LogP) is 2.07. The van der Waals surface area contributed by atoms with Gasteiger partial charge in [-0.2, -0.15) is 0 Å². The zero-order valence-electron chi connectivity index (χ0n) is 10.5. The molecule has 3 nitrogen and oxygen atoms in total. The van der Waals surface area contributed by atoms with Crippen LogP contribution in [0.4, 0.5) is 0 Å². The molecule has 0 fully saturated rings. The standard InChI is InChI=1S/C12H27NO2/c1-4-7-11(3)15-9-6-8-12(13,5-2)10-14/h11,14H,4-10,13H2,1-3H3. The van der Waals surface area contributed by atoms with Crippen molar-refractivity contribution in [2.45, 2.75) is 64.5 Å². The summed E-state index contributed by atoms with van der Waals surface area (Å²) in [5, 5.41) is 9.11. The minimum Gasteiger partial charge on any atom is -0.394 e. The SMILES string of the molecule is CCCC(C)OCCCC(N)(CC)CO. The fourth-order valence-electron chi connectivity index (χ4n) is 1.57. The van der Waals surface area contributed by atoms with Crippen molar-refractivity contribution in [1.29, 1.82) is 0 Å². The number of hydrogen-bond donors (Lipinski definition) is 2. The van der Waals surface area contributed by atoms with Gasteiger partial charge in [-0.25, -0.2) is 0 Å². The third kappa shape index (κ3) is 6.88. The molecule has 0 amide bonds. The van der Waals surface area contributed by atoms with Crippen molar-refractivity contribution < 1.29 is 9.84 Å². The van der Waals surface area contributed by atoms with Crippen LogP contribution in [-0.2, 0) is 4.74 Å². The summed E-state index contributed by atoms with van der Waals surface area (Å²) in [5.74, 6) is 0. The van der Waals surface area contributed by atoms with Crippen molar-refractivity contribution >= 4 is 0 Å². The number of hydrogen-bond acceptors (Lipinski definition) is 3. The smallest absolute Gasteiger partial charge is 0.0611 e. The van der Waals surface area contributed by atoms with Gasteiger partial charge in [-0.1, -0.05) is 20.3 Å². The minimum atomic E-state index is -0.405. The molecular formula is C12H27NO2. The first-order valence-corrected chi connectivity index (χ1v) is 6.09. The molecule has 3 heteroatoms. The average molecular weight is 217 g/mol. The van der Waals surface area contributed by atoms with Crippen molar-refractivity contribution in [1.82, 2.24) is 0 Å². The van der Waals surface area contributed by atoms with Gasteiger partial charge >= 0.3 is 0 Å². The van der Waals surface area contributed by atoms with Gasteiger partial charge in [0, 0.05) is 12.1 Å². The van der Waals surface area contributed by atoms with E-state index < -0.39 is 5.54 Å². The van der Waals surface area contributed by atoms with Crippen molar-refractivity contribution in [2.24, 2.45) is 5.73 Å². The Balaban J connectivity index is 3.52. The molecule has 0 saturated carbocycles. The normalized spacial score (nSPS) is 17.4. The third-order valence-electron chi connectivity index (χ3n) is 2.94. The zero-order chi connectivity index (χ0) is 11.7. The summed E-state index contributed by atoms with van der Waals surface area (Å²) in [6.45, 7) is 7.09. The molecule has 2 atom stereocenters. The molecule has 2 unspecified atom stereocenters. The molecule has 0 aromatic heterocycles. The molecule has 92 valence electrons. The highest BCUT2D eigenvalue weighted by atomic mass is 16.5. The number of rotatable bonds is 9. The summed E-state index contributed by atoms with van der Waals surface area (Å²) in [7, 11) is 0. The highest BCUT2D eigenvalue weighted by Gasteiger charge is 2.20. The Bertz CT molecular complexity index is 147. The Kier molecular flexibility index (Phi) is 8.02. The van der Waals surface area contributed by atoms with E-state index in [0.29, 0.717) is 6.10 Å². The number of aliphatic hydroxyl groups excluding tert-OH is 1. The van der Waals surface area contributed by atoms with E-state index in [9.17, 15) is 0 Å². The van der Waals surface area contributed by atoms with Crippen LogP contribution in [0.15, 0.2) is 0 Å². The van der Waals surface area contributed by atoms with Gasteiger partial charge in [0.25, 0.3) is 0 Å². The molecule has 0 aliphatic carbocycles. The van der Waals surface area contributed by atoms with Crippen LogP contribution in [-0.4, -0.2) is 30.0 Å². The molecule has 0 saturated heterocycles. The first-order valence-electron chi connectivity index (χ1n) is 6.09. The zero-order valence-corrected chi connectivity index (χ0v) is 10.5. The number of aliphatic hydroxyl groups is 1. The molecule has 0 aromatic rings. The third-order valence-corrected chi connectivity index (χ3v) is 2.94. The van der Waals surface area contributed by atoms with Gasteiger partial charge in [0.15, 0.2) is 0 Å². The highest BCUT2D eigenvalue weighted by Crippen LogP contribution is 2.13. The molecule has 0 spiro atoms. The van der Waals surface area contributed by atoms with Crippen LogP contribution < -0.4 is 5.73 Å². The lowest BCUT2D eigenvalue weighted by Gasteiger charge is -2.25. The van der Waals surface area contributed by atoms with Crippen molar-refractivity contribution in [3.8, 4) is 0 Å². The van der Waals surface area contributed by atoms with E-state index in [1.807, 2.05) is 6.92 Å². The largest absolute Gasteiger partial charge is 0.394 e. The Morgan fingerprint density at radius 2 is 2.07 bits per heavy atom. The maximum atomic E-state index is 9.11. The summed E-state index contributed by atoms with van der Waals surface area (Å²) >= 11 is 0. The van der Waals surface area contributed by atoms with E-state index in [-0.39, 0.29) is 6.61 Å². The average Bonchev–Trinajstić information content (AvgIpc) is 2.24. The summed E-state index contributed by atoms with van der Waals surface area (Å²) in [5.41, 5.74) is 5.56. The lowest BCUT2D eigenvalue weighted by Crippen LogP contribution is -2.43. The lowest BCUT2D eigenvalue weighted by atomic mass is 9.93. The number of nitrogens with two attached hydrogens (primary N) is 1. The van der Waals surface area contributed by atoms with Crippen molar-refractivity contribution in [3.63, 3.8) is 0 Å². The van der Waals surface area contributed by atoms with Crippen LogP contribution in [0.1, 0.15) is 52.9 Å².